The lowest BCUT2D eigenvalue weighted by molar-refractivity contribution is -0.132. The van der Waals surface area contributed by atoms with Gasteiger partial charge in [-0.3, -0.25) is 9.10 Å². The summed E-state index contributed by atoms with van der Waals surface area (Å²) < 4.78 is 30.0. The Balaban J connectivity index is 2.72. The van der Waals surface area contributed by atoms with Crippen molar-refractivity contribution in [2.75, 3.05) is 36.8 Å². The molecule has 0 aliphatic rings. The van der Waals surface area contributed by atoms with Gasteiger partial charge < -0.3 is 9.64 Å². The Bertz CT molecular complexity index is 580. The van der Waals surface area contributed by atoms with Gasteiger partial charge in [-0.2, -0.15) is 0 Å². The van der Waals surface area contributed by atoms with Crippen LogP contribution in [0.3, 0.4) is 0 Å². The monoisotopic (exact) mass is 328 g/mol. The first kappa shape index (κ1) is 18.3. The number of likely N-dealkylation sites (N-methyl/N-ethyl adjacent to an activating group) is 1. The minimum absolute atomic E-state index is 0.0232. The van der Waals surface area contributed by atoms with E-state index in [2.05, 4.69) is 0 Å². The number of hydrogen-bond acceptors (Lipinski definition) is 4. The molecule has 0 bridgehead atoms. The minimum atomic E-state index is -3.29. The van der Waals surface area contributed by atoms with E-state index in [0.717, 1.165) is 0 Å². The standard InChI is InChI=1S/C15H24N2O4S/c1-5-16(6-2)15(18)12-21-14-10-8-13(9-11-14)17(7-3)22(4,19)20/h8-11H,5-7,12H2,1-4H3. The van der Waals surface area contributed by atoms with Gasteiger partial charge in [-0.05, 0) is 45.0 Å². The van der Waals surface area contributed by atoms with E-state index >= 15 is 0 Å². The second-order valence-electron chi connectivity index (χ2n) is 4.78. The zero-order chi connectivity index (χ0) is 16.8. The third kappa shape index (κ3) is 4.91. The molecule has 1 aromatic carbocycles. The third-order valence-electron chi connectivity index (χ3n) is 3.29. The van der Waals surface area contributed by atoms with Crippen LogP contribution < -0.4 is 9.04 Å². The lowest BCUT2D eigenvalue weighted by Crippen LogP contribution is -2.34. The number of amides is 1. The molecule has 124 valence electrons. The fourth-order valence-electron chi connectivity index (χ4n) is 2.13. The molecule has 0 fully saturated rings. The molecular weight excluding hydrogens is 304 g/mol. The maximum Gasteiger partial charge on any atom is 0.260 e. The van der Waals surface area contributed by atoms with Gasteiger partial charge in [0.15, 0.2) is 6.61 Å². The summed E-state index contributed by atoms with van der Waals surface area (Å²) in [4.78, 5) is 13.5. The van der Waals surface area contributed by atoms with Gasteiger partial charge >= 0.3 is 0 Å². The van der Waals surface area contributed by atoms with E-state index in [4.69, 9.17) is 4.74 Å². The predicted molar refractivity (Wildman–Crippen MR) is 87.7 cm³/mol. The Morgan fingerprint density at radius 1 is 1.05 bits per heavy atom. The molecule has 6 nitrogen and oxygen atoms in total. The normalized spacial score (nSPS) is 11.1. The molecule has 0 saturated heterocycles. The summed E-state index contributed by atoms with van der Waals surface area (Å²) in [6.45, 7) is 7.24. The predicted octanol–water partition coefficient (Wildman–Crippen LogP) is 1.72. The van der Waals surface area contributed by atoms with Crippen LogP contribution in [0.2, 0.25) is 0 Å². The molecule has 7 heteroatoms. The molecule has 1 amide bonds. The Kier molecular flexibility index (Phi) is 6.67. The van der Waals surface area contributed by atoms with Crippen molar-refractivity contribution in [3.05, 3.63) is 24.3 Å². The van der Waals surface area contributed by atoms with E-state index in [1.165, 1.54) is 10.6 Å². The van der Waals surface area contributed by atoms with Crippen molar-refractivity contribution in [1.29, 1.82) is 0 Å². The summed E-state index contributed by atoms with van der Waals surface area (Å²) in [7, 11) is -3.29. The molecule has 0 unspecified atom stereocenters. The van der Waals surface area contributed by atoms with Crippen LogP contribution >= 0.6 is 0 Å². The molecule has 0 atom stereocenters. The molecule has 0 aliphatic heterocycles. The lowest BCUT2D eigenvalue weighted by Gasteiger charge is -2.21. The highest BCUT2D eigenvalue weighted by Gasteiger charge is 2.15. The zero-order valence-electron chi connectivity index (χ0n) is 13.6. The summed E-state index contributed by atoms with van der Waals surface area (Å²) in [6, 6.07) is 6.67. The van der Waals surface area contributed by atoms with E-state index < -0.39 is 10.0 Å². The van der Waals surface area contributed by atoms with Crippen LogP contribution in [0.15, 0.2) is 24.3 Å². The van der Waals surface area contributed by atoms with Crippen LogP contribution in [0.25, 0.3) is 0 Å². The van der Waals surface area contributed by atoms with Crippen molar-refractivity contribution >= 4 is 21.6 Å². The first-order chi connectivity index (χ1) is 10.3. The number of nitrogens with zero attached hydrogens (tertiary/aromatic N) is 2. The number of ether oxygens (including phenoxy) is 1. The molecule has 0 N–H and O–H groups in total. The van der Waals surface area contributed by atoms with Gasteiger partial charge in [-0.1, -0.05) is 0 Å². The fraction of sp³-hybridized carbons (Fsp3) is 0.533. The molecule has 0 spiro atoms. The van der Waals surface area contributed by atoms with Gasteiger partial charge in [-0.25, -0.2) is 8.42 Å². The van der Waals surface area contributed by atoms with Gasteiger partial charge in [0.05, 0.1) is 11.9 Å². The van der Waals surface area contributed by atoms with Crippen molar-refractivity contribution in [1.82, 2.24) is 4.90 Å². The van der Waals surface area contributed by atoms with E-state index in [9.17, 15) is 13.2 Å². The van der Waals surface area contributed by atoms with Crippen LogP contribution in [0, 0.1) is 0 Å². The number of benzene rings is 1. The molecule has 0 heterocycles. The second kappa shape index (κ2) is 8.03. The molecule has 0 aromatic heterocycles. The fourth-order valence-corrected chi connectivity index (χ4v) is 3.10. The smallest absolute Gasteiger partial charge is 0.260 e. The Morgan fingerprint density at radius 2 is 1.59 bits per heavy atom. The average molecular weight is 328 g/mol. The van der Waals surface area contributed by atoms with Gasteiger partial charge in [-0.15, -0.1) is 0 Å². The van der Waals surface area contributed by atoms with Crippen LogP contribution in [-0.2, 0) is 14.8 Å². The van der Waals surface area contributed by atoms with E-state index in [0.29, 0.717) is 31.1 Å². The highest BCUT2D eigenvalue weighted by atomic mass is 32.2. The molecule has 1 rings (SSSR count). The highest BCUT2D eigenvalue weighted by Crippen LogP contribution is 2.21. The minimum Gasteiger partial charge on any atom is -0.484 e. The Hall–Kier alpha value is -1.76. The summed E-state index contributed by atoms with van der Waals surface area (Å²) in [5.74, 6) is 0.467. The largest absolute Gasteiger partial charge is 0.484 e. The van der Waals surface area contributed by atoms with Crippen molar-refractivity contribution < 1.29 is 17.9 Å². The molecule has 22 heavy (non-hydrogen) atoms. The number of rotatable bonds is 8. The van der Waals surface area contributed by atoms with Crippen LogP contribution in [-0.4, -0.2) is 51.7 Å². The Labute approximate surface area is 132 Å². The molecule has 0 saturated carbocycles. The van der Waals surface area contributed by atoms with Gasteiger partial charge in [0.1, 0.15) is 5.75 Å². The lowest BCUT2D eigenvalue weighted by atomic mass is 10.3. The summed E-state index contributed by atoms with van der Waals surface area (Å²) in [5, 5.41) is 0. The number of sulfonamides is 1. The van der Waals surface area contributed by atoms with Crippen molar-refractivity contribution in [3.63, 3.8) is 0 Å². The molecular formula is C15H24N2O4S. The third-order valence-corrected chi connectivity index (χ3v) is 4.56. The first-order valence-corrected chi connectivity index (χ1v) is 9.16. The van der Waals surface area contributed by atoms with Gasteiger partial charge in [0, 0.05) is 19.6 Å². The zero-order valence-corrected chi connectivity index (χ0v) is 14.4. The first-order valence-electron chi connectivity index (χ1n) is 7.31. The van der Waals surface area contributed by atoms with E-state index in [1.54, 1.807) is 36.1 Å². The van der Waals surface area contributed by atoms with Gasteiger partial charge in [0.25, 0.3) is 5.91 Å². The van der Waals surface area contributed by atoms with Crippen molar-refractivity contribution in [2.24, 2.45) is 0 Å². The second-order valence-corrected chi connectivity index (χ2v) is 6.68. The van der Waals surface area contributed by atoms with Crippen LogP contribution in [0.5, 0.6) is 5.75 Å². The van der Waals surface area contributed by atoms with E-state index in [1.807, 2.05) is 13.8 Å². The Morgan fingerprint density at radius 3 is 2.00 bits per heavy atom. The SMILES string of the molecule is CCN(CC)C(=O)COc1ccc(N(CC)S(C)(=O)=O)cc1. The summed E-state index contributed by atoms with van der Waals surface area (Å²) in [6.07, 6.45) is 1.17. The molecule has 1 aromatic rings. The number of hydrogen-bond donors (Lipinski definition) is 0. The maximum absolute atomic E-state index is 11.8. The number of carbonyl (C=O) groups is 1. The van der Waals surface area contributed by atoms with Crippen molar-refractivity contribution in [3.8, 4) is 5.75 Å². The quantitative estimate of drug-likeness (QED) is 0.729. The van der Waals surface area contributed by atoms with Gasteiger partial charge in [0.2, 0.25) is 10.0 Å². The molecule has 0 aliphatic carbocycles. The maximum atomic E-state index is 11.8. The number of anilines is 1. The van der Waals surface area contributed by atoms with Crippen LogP contribution in [0.1, 0.15) is 20.8 Å². The van der Waals surface area contributed by atoms with Crippen LogP contribution in [0.4, 0.5) is 5.69 Å². The molecule has 0 radical (unpaired) electrons. The highest BCUT2D eigenvalue weighted by molar-refractivity contribution is 7.92. The summed E-state index contributed by atoms with van der Waals surface area (Å²) >= 11 is 0. The number of carbonyl (C=O) groups excluding carboxylic acids is 1. The van der Waals surface area contributed by atoms with Crippen molar-refractivity contribution in [2.45, 2.75) is 20.8 Å². The van der Waals surface area contributed by atoms with E-state index in [-0.39, 0.29) is 12.5 Å². The summed E-state index contributed by atoms with van der Waals surface area (Å²) in [5.41, 5.74) is 0.576. The average Bonchev–Trinajstić information content (AvgIpc) is 2.47. The topological polar surface area (TPSA) is 66.9 Å².